The first-order valence-electron chi connectivity index (χ1n) is 12.8. The summed E-state index contributed by atoms with van der Waals surface area (Å²) in [5.41, 5.74) is 2.58. The number of hydrazine groups is 1. The number of thiazole rings is 1. The van der Waals surface area contributed by atoms with E-state index in [1.807, 2.05) is 0 Å². The van der Waals surface area contributed by atoms with E-state index in [4.69, 9.17) is 4.74 Å². The Balaban J connectivity index is 1.20. The van der Waals surface area contributed by atoms with Gasteiger partial charge in [-0.2, -0.15) is 13.2 Å². The lowest BCUT2D eigenvalue weighted by Crippen LogP contribution is -2.55. The van der Waals surface area contributed by atoms with E-state index in [0.717, 1.165) is 36.0 Å². The van der Waals surface area contributed by atoms with Gasteiger partial charge in [0.1, 0.15) is 17.3 Å². The first kappa shape index (κ1) is 27.6. The summed E-state index contributed by atoms with van der Waals surface area (Å²) in [6.45, 7) is 0. The molecule has 0 saturated heterocycles. The van der Waals surface area contributed by atoms with E-state index in [0.29, 0.717) is 16.4 Å². The minimum absolute atomic E-state index is 0.0437. The molecule has 1 aromatic heterocycles. The van der Waals surface area contributed by atoms with Crippen molar-refractivity contribution in [1.29, 1.82) is 0 Å². The number of halogens is 4. The number of carbonyl (C=O) groups is 2. The number of rotatable bonds is 8. The van der Waals surface area contributed by atoms with Gasteiger partial charge in [0.2, 0.25) is 11.6 Å². The maximum atomic E-state index is 14.8. The Morgan fingerprint density at radius 2 is 1.81 bits per heavy atom. The third-order valence-corrected chi connectivity index (χ3v) is 7.67. The van der Waals surface area contributed by atoms with Crippen molar-refractivity contribution in [3.8, 4) is 11.5 Å². The Morgan fingerprint density at radius 1 is 1.05 bits per heavy atom. The lowest BCUT2D eigenvalue weighted by Gasteiger charge is -2.26. The number of hydrogen-bond donors (Lipinski definition) is 4. The number of nitrogens with one attached hydrogen (secondary N) is 4. The molecule has 14 heteroatoms. The summed E-state index contributed by atoms with van der Waals surface area (Å²) in [5, 5.41) is 5.72. The van der Waals surface area contributed by atoms with E-state index in [2.05, 4.69) is 31.5 Å². The highest BCUT2D eigenvalue weighted by molar-refractivity contribution is 7.22. The third kappa shape index (κ3) is 5.76. The number of hydrogen-bond acceptors (Lipinski definition) is 8. The van der Waals surface area contributed by atoms with Crippen molar-refractivity contribution in [3.63, 3.8) is 0 Å². The van der Waals surface area contributed by atoms with Crippen LogP contribution in [0.3, 0.4) is 0 Å². The molecule has 42 heavy (non-hydrogen) atoms. The first-order valence-corrected chi connectivity index (χ1v) is 13.6. The zero-order chi connectivity index (χ0) is 29.5. The molecule has 1 fully saturated rings. The molecule has 4 aromatic rings. The average Bonchev–Trinajstić information content (AvgIpc) is 3.57. The molecular formula is C28H22F4N6O3S. The zero-order valence-corrected chi connectivity index (χ0v) is 22.4. The van der Waals surface area contributed by atoms with Crippen LogP contribution in [0.5, 0.6) is 11.5 Å². The highest BCUT2D eigenvalue weighted by Gasteiger charge is 2.43. The van der Waals surface area contributed by atoms with Crippen molar-refractivity contribution >= 4 is 50.5 Å². The van der Waals surface area contributed by atoms with Gasteiger partial charge in [-0.15, -0.1) is 0 Å². The van der Waals surface area contributed by atoms with Gasteiger partial charge < -0.3 is 20.8 Å². The van der Waals surface area contributed by atoms with Crippen LogP contribution >= 0.6 is 11.3 Å². The van der Waals surface area contributed by atoms with Crippen LogP contribution < -0.4 is 26.2 Å². The predicted octanol–water partition coefficient (Wildman–Crippen LogP) is 5.61. The van der Waals surface area contributed by atoms with Gasteiger partial charge in [0.15, 0.2) is 5.13 Å². The van der Waals surface area contributed by atoms with Crippen molar-refractivity contribution in [2.24, 2.45) is 10.9 Å². The molecule has 216 valence electrons. The van der Waals surface area contributed by atoms with Gasteiger partial charge in [-0.25, -0.2) is 19.8 Å². The summed E-state index contributed by atoms with van der Waals surface area (Å²) in [4.78, 5) is 33.9. The number of nitrogens with zero attached hydrogens (tertiary/aromatic N) is 2. The number of anilines is 2. The highest BCUT2D eigenvalue weighted by Crippen LogP contribution is 2.36. The van der Waals surface area contributed by atoms with Gasteiger partial charge in [0.25, 0.3) is 5.91 Å². The standard InChI is InChI=1S/C28H22F4N6O3S/c29-20-9-7-17(41-18-8-10-21-23(12-18)42-26(36-21)37-24(39)15-5-6-15)11-22(20)35-25(40)27(33-14-34-38-27)13-16-3-1-2-4-19(16)28(30,31)32/h1-4,7-12,14-15,38H,5-6,13H2,(H,33,34)(H,35,40)(H,36,37,39). The Bertz CT molecular complexity index is 1720. The minimum Gasteiger partial charge on any atom is -0.457 e. The number of fused-ring (bicyclic) bond motifs is 1. The molecule has 0 spiro atoms. The molecule has 4 N–H and O–H groups in total. The predicted molar refractivity (Wildman–Crippen MR) is 149 cm³/mol. The van der Waals surface area contributed by atoms with E-state index < -0.39 is 35.5 Å². The minimum atomic E-state index is -4.64. The van der Waals surface area contributed by atoms with E-state index in [9.17, 15) is 27.2 Å². The summed E-state index contributed by atoms with van der Waals surface area (Å²) in [6, 6.07) is 13.7. The fourth-order valence-corrected chi connectivity index (χ4v) is 5.34. The SMILES string of the molecule is O=C(Nc1nc2ccc(Oc3ccc(F)c(NC(=O)C4(Cc5ccccc5C(F)(F)F)N=CNN4)c3)cc2s1)C1CC1. The Hall–Kier alpha value is -4.56. The lowest BCUT2D eigenvalue weighted by molar-refractivity contribution is -0.138. The second-order valence-corrected chi connectivity index (χ2v) is 10.9. The second kappa shape index (κ2) is 10.7. The molecule has 2 aliphatic rings. The molecule has 2 heterocycles. The van der Waals surface area contributed by atoms with Crippen LogP contribution in [0, 0.1) is 11.7 Å². The number of amides is 2. The van der Waals surface area contributed by atoms with Crippen LogP contribution in [-0.4, -0.2) is 28.8 Å². The fraction of sp³-hybridized carbons (Fsp3) is 0.214. The summed E-state index contributed by atoms with van der Waals surface area (Å²) in [7, 11) is 0. The molecule has 2 amide bonds. The van der Waals surface area contributed by atoms with Crippen LogP contribution in [0.25, 0.3) is 10.2 Å². The molecule has 1 atom stereocenters. The Labute approximate surface area is 240 Å². The van der Waals surface area contributed by atoms with E-state index in [1.165, 1.54) is 41.7 Å². The topological polar surface area (TPSA) is 117 Å². The second-order valence-electron chi connectivity index (χ2n) is 9.83. The van der Waals surface area contributed by atoms with Crippen molar-refractivity contribution in [2.45, 2.75) is 31.1 Å². The van der Waals surface area contributed by atoms with Crippen LogP contribution in [0.4, 0.5) is 28.4 Å². The maximum Gasteiger partial charge on any atom is 0.416 e. The molecule has 6 rings (SSSR count). The van der Waals surface area contributed by atoms with Crippen LogP contribution in [0.2, 0.25) is 0 Å². The zero-order valence-electron chi connectivity index (χ0n) is 21.6. The number of carbonyl (C=O) groups excluding carboxylic acids is 2. The fourth-order valence-electron chi connectivity index (χ4n) is 4.44. The summed E-state index contributed by atoms with van der Waals surface area (Å²) >= 11 is 1.29. The molecule has 0 bridgehead atoms. The molecular weight excluding hydrogens is 576 g/mol. The van der Waals surface area contributed by atoms with Crippen molar-refractivity contribution in [1.82, 2.24) is 15.8 Å². The molecule has 9 nitrogen and oxygen atoms in total. The van der Waals surface area contributed by atoms with Crippen LogP contribution in [0.15, 0.2) is 65.7 Å². The van der Waals surface area contributed by atoms with E-state index in [1.54, 1.807) is 18.2 Å². The molecule has 1 aliphatic heterocycles. The molecule has 1 saturated carbocycles. The molecule has 1 unspecified atom stereocenters. The molecule has 3 aromatic carbocycles. The first-order chi connectivity index (χ1) is 20.1. The largest absolute Gasteiger partial charge is 0.457 e. The van der Waals surface area contributed by atoms with Crippen molar-refractivity contribution in [2.75, 3.05) is 10.6 Å². The normalized spacial score (nSPS) is 18.1. The number of benzene rings is 3. The highest BCUT2D eigenvalue weighted by atomic mass is 32.1. The molecule has 0 radical (unpaired) electrons. The quantitative estimate of drug-likeness (QED) is 0.196. The summed E-state index contributed by atoms with van der Waals surface area (Å²) in [5.74, 6) is -1.08. The van der Waals surface area contributed by atoms with Gasteiger partial charge in [-0.1, -0.05) is 29.5 Å². The summed E-state index contributed by atoms with van der Waals surface area (Å²) in [6.07, 6.45) is -2.21. The van der Waals surface area contributed by atoms with E-state index >= 15 is 0 Å². The number of aliphatic imine (C=N–C) groups is 1. The third-order valence-electron chi connectivity index (χ3n) is 6.73. The van der Waals surface area contributed by atoms with Gasteiger partial charge >= 0.3 is 6.18 Å². The Morgan fingerprint density at radius 3 is 2.55 bits per heavy atom. The van der Waals surface area contributed by atoms with Gasteiger partial charge in [0, 0.05) is 24.5 Å². The lowest BCUT2D eigenvalue weighted by atomic mass is 9.95. The monoisotopic (exact) mass is 598 g/mol. The van der Waals surface area contributed by atoms with Gasteiger partial charge in [-0.3, -0.25) is 9.59 Å². The number of ether oxygens (including phenoxy) is 1. The van der Waals surface area contributed by atoms with Gasteiger partial charge in [-0.05, 0) is 48.7 Å². The number of alkyl halides is 3. The Kier molecular flexibility index (Phi) is 7.02. The average molecular weight is 599 g/mol. The van der Waals surface area contributed by atoms with E-state index in [-0.39, 0.29) is 28.8 Å². The maximum absolute atomic E-state index is 14.8. The van der Waals surface area contributed by atoms with Crippen molar-refractivity contribution < 1.29 is 31.9 Å². The summed E-state index contributed by atoms with van der Waals surface area (Å²) < 4.78 is 62.2. The smallest absolute Gasteiger partial charge is 0.416 e. The number of aromatic nitrogens is 1. The van der Waals surface area contributed by atoms with Crippen molar-refractivity contribution in [3.05, 3.63) is 77.6 Å². The van der Waals surface area contributed by atoms with Crippen LogP contribution in [0.1, 0.15) is 24.0 Å². The molecule has 1 aliphatic carbocycles. The van der Waals surface area contributed by atoms with Crippen LogP contribution in [-0.2, 0) is 22.2 Å². The van der Waals surface area contributed by atoms with Gasteiger partial charge in [0.05, 0.1) is 27.8 Å².